The first-order chi connectivity index (χ1) is 11.0. The second kappa shape index (κ2) is 7.34. The van der Waals surface area contributed by atoms with Crippen molar-refractivity contribution in [1.29, 1.82) is 0 Å². The van der Waals surface area contributed by atoms with E-state index in [9.17, 15) is 4.79 Å². The summed E-state index contributed by atoms with van der Waals surface area (Å²) in [5.74, 6) is -0.0282. The van der Waals surface area contributed by atoms with Gasteiger partial charge < -0.3 is 9.47 Å². The molecule has 2 rings (SSSR count). The minimum atomic E-state index is -0.336. The minimum Gasteiger partial charge on any atom is -0.492 e. The summed E-state index contributed by atoms with van der Waals surface area (Å²) in [7, 11) is 2.79. The van der Waals surface area contributed by atoms with Gasteiger partial charge in [0.05, 0.1) is 31.8 Å². The van der Waals surface area contributed by atoms with Gasteiger partial charge in [-0.2, -0.15) is 10.2 Å². The molecule has 0 amide bonds. The number of carbonyl (C=O) groups is 1. The van der Waals surface area contributed by atoms with Crippen molar-refractivity contribution in [2.24, 2.45) is 10.2 Å². The fourth-order valence-electron chi connectivity index (χ4n) is 1.79. The number of nitrogens with zero attached hydrogens (tertiary/aromatic N) is 3. The van der Waals surface area contributed by atoms with Crippen molar-refractivity contribution in [2.45, 2.75) is 0 Å². The molecule has 0 heterocycles. The van der Waals surface area contributed by atoms with Gasteiger partial charge in [-0.15, -0.1) is 5.23 Å². The van der Waals surface area contributed by atoms with Gasteiger partial charge in [0.15, 0.2) is 11.5 Å². The fourth-order valence-corrected chi connectivity index (χ4v) is 1.79. The molecule has 1 aliphatic carbocycles. The number of rotatable bonds is 5. The van der Waals surface area contributed by atoms with Crippen LogP contribution in [0.25, 0.3) is 0 Å². The number of carbonyl (C=O) groups excluding carboxylic acids is 1. The van der Waals surface area contributed by atoms with Crippen LogP contribution >= 0.6 is 0 Å². The predicted octanol–water partition coefficient (Wildman–Crippen LogP) is 2.88. The number of allylic oxidation sites excluding steroid dienone is 3. The number of benzene rings is 1. The maximum atomic E-state index is 11.8. The van der Waals surface area contributed by atoms with Crippen LogP contribution in [0.3, 0.4) is 0 Å². The Bertz CT molecular complexity index is 676. The molecule has 8 heteroatoms. The third kappa shape index (κ3) is 4.02. The van der Waals surface area contributed by atoms with Gasteiger partial charge >= 0.3 is 0 Å². The van der Waals surface area contributed by atoms with Gasteiger partial charge in [0.2, 0.25) is 0 Å². The summed E-state index contributed by atoms with van der Waals surface area (Å²) in [5, 5.41) is 25.6. The van der Waals surface area contributed by atoms with Crippen molar-refractivity contribution in [2.75, 3.05) is 19.4 Å². The summed E-state index contributed by atoms with van der Waals surface area (Å²) in [6.45, 7) is 0. The Morgan fingerprint density at radius 1 is 1.04 bits per heavy atom. The summed E-state index contributed by atoms with van der Waals surface area (Å²) in [6, 6.07) is 6.06. The van der Waals surface area contributed by atoms with Gasteiger partial charge in [-0.1, -0.05) is 0 Å². The van der Waals surface area contributed by atoms with Crippen molar-refractivity contribution in [3.05, 3.63) is 59.7 Å². The van der Waals surface area contributed by atoms with Crippen molar-refractivity contribution in [1.82, 2.24) is 0 Å². The van der Waals surface area contributed by atoms with Crippen molar-refractivity contribution >= 4 is 17.2 Å². The Morgan fingerprint density at radius 3 is 2.09 bits per heavy atom. The largest absolute Gasteiger partial charge is 0.492 e. The van der Waals surface area contributed by atoms with Crippen LogP contribution in [0.5, 0.6) is 0 Å². The van der Waals surface area contributed by atoms with E-state index in [0.29, 0.717) is 11.3 Å². The predicted molar refractivity (Wildman–Crippen MR) is 80.3 cm³/mol. The van der Waals surface area contributed by atoms with Gasteiger partial charge in [-0.05, 0) is 36.4 Å². The quantitative estimate of drug-likeness (QED) is 0.639. The second-order valence-electron chi connectivity index (χ2n) is 4.40. The Morgan fingerprint density at radius 2 is 1.61 bits per heavy atom. The first kappa shape index (κ1) is 16.4. The highest BCUT2D eigenvalue weighted by molar-refractivity contribution is 6.07. The smallest absolute Gasteiger partial charge is 0.261 e. The van der Waals surface area contributed by atoms with Crippen molar-refractivity contribution in [3.8, 4) is 0 Å². The molecule has 0 fully saturated rings. The zero-order valence-corrected chi connectivity index (χ0v) is 12.5. The summed E-state index contributed by atoms with van der Waals surface area (Å²) >= 11 is 0. The van der Waals surface area contributed by atoms with Crippen LogP contribution in [-0.4, -0.2) is 30.4 Å². The molecule has 2 N–H and O–H groups in total. The van der Waals surface area contributed by atoms with Gasteiger partial charge in [-0.25, -0.2) is 0 Å². The van der Waals surface area contributed by atoms with Crippen molar-refractivity contribution < 1.29 is 24.7 Å². The number of hydrogen-bond acceptors (Lipinski definition) is 8. The van der Waals surface area contributed by atoms with E-state index >= 15 is 0 Å². The lowest BCUT2D eigenvalue weighted by Crippen LogP contribution is -2.13. The van der Waals surface area contributed by atoms with E-state index < -0.39 is 0 Å². The Kier molecular flexibility index (Phi) is 5.23. The van der Waals surface area contributed by atoms with Gasteiger partial charge in [0, 0.05) is 5.57 Å². The SMILES string of the molecule is COC1=CC(=CN=Nc2ccc(N(O)O)cc2)C=C(OC)C1=O. The molecule has 0 aromatic heterocycles. The Balaban J connectivity index is 2.16. The van der Waals surface area contributed by atoms with Crippen LogP contribution in [0, 0.1) is 0 Å². The molecule has 1 aromatic carbocycles. The molecular weight excluding hydrogens is 302 g/mol. The molecule has 0 radical (unpaired) electrons. The van der Waals surface area contributed by atoms with E-state index in [1.807, 2.05) is 0 Å². The minimum absolute atomic E-state index is 0.0100. The second-order valence-corrected chi connectivity index (χ2v) is 4.40. The summed E-state index contributed by atoms with van der Waals surface area (Å²) in [4.78, 5) is 11.8. The standard InChI is InChI=1S/C15H15N3O5/c1-22-13-7-10(8-14(23-2)15(13)19)9-16-17-11-3-5-12(6-4-11)18(20)21/h3-9,20-21H,1-2H3. The molecule has 8 nitrogen and oxygen atoms in total. The maximum absolute atomic E-state index is 11.8. The molecule has 0 saturated carbocycles. The lowest BCUT2D eigenvalue weighted by Gasteiger charge is -2.12. The first-order valence-electron chi connectivity index (χ1n) is 6.50. The monoisotopic (exact) mass is 317 g/mol. The molecule has 0 unspecified atom stereocenters. The maximum Gasteiger partial charge on any atom is 0.261 e. The molecule has 1 aromatic rings. The third-order valence-corrected chi connectivity index (χ3v) is 2.94. The first-order valence-corrected chi connectivity index (χ1v) is 6.50. The molecule has 1 aliphatic rings. The molecule has 0 atom stereocenters. The molecular formula is C15H15N3O5. The van der Waals surface area contributed by atoms with Gasteiger partial charge in [0.25, 0.3) is 5.78 Å². The highest BCUT2D eigenvalue weighted by Crippen LogP contribution is 2.21. The lowest BCUT2D eigenvalue weighted by atomic mass is 10.1. The zero-order valence-electron chi connectivity index (χ0n) is 12.5. The van der Waals surface area contributed by atoms with Gasteiger partial charge in [0.1, 0.15) is 0 Å². The normalized spacial score (nSPS) is 14.4. The number of ether oxygens (including phenoxy) is 2. The molecule has 23 heavy (non-hydrogen) atoms. The number of azo groups is 1. The summed E-state index contributed by atoms with van der Waals surface area (Å²) in [6.07, 6.45) is 4.51. The summed E-state index contributed by atoms with van der Waals surface area (Å²) in [5.41, 5.74) is 1.32. The number of methoxy groups -OCH3 is 2. The molecule has 0 aliphatic heterocycles. The highest BCUT2D eigenvalue weighted by Gasteiger charge is 2.21. The van der Waals surface area contributed by atoms with Crippen LogP contribution in [0.2, 0.25) is 0 Å². The number of Topliss-reactive ketones (excluding diaryl/α,β-unsaturated/α-hetero) is 1. The fraction of sp³-hybridized carbons (Fsp3) is 0.133. The van der Waals surface area contributed by atoms with Crippen LogP contribution in [-0.2, 0) is 14.3 Å². The van der Waals surface area contributed by atoms with E-state index in [2.05, 4.69) is 10.2 Å². The Hall–Kier alpha value is -2.97. The molecule has 120 valence electrons. The average Bonchev–Trinajstić information content (AvgIpc) is 2.56. The molecule has 0 spiro atoms. The zero-order chi connectivity index (χ0) is 16.8. The number of anilines is 1. The van der Waals surface area contributed by atoms with Gasteiger partial charge in [-0.3, -0.25) is 15.2 Å². The van der Waals surface area contributed by atoms with E-state index in [1.54, 1.807) is 12.1 Å². The van der Waals surface area contributed by atoms with Crippen molar-refractivity contribution in [3.63, 3.8) is 0 Å². The Labute approximate surface area is 132 Å². The van der Waals surface area contributed by atoms with Crippen LogP contribution in [0.1, 0.15) is 0 Å². The van der Waals surface area contributed by atoms with E-state index in [0.717, 1.165) is 0 Å². The molecule has 0 saturated heterocycles. The van der Waals surface area contributed by atoms with E-state index in [1.165, 1.54) is 44.7 Å². The van der Waals surface area contributed by atoms with E-state index in [-0.39, 0.29) is 28.2 Å². The van der Waals surface area contributed by atoms with Crippen LogP contribution in [0.4, 0.5) is 11.4 Å². The van der Waals surface area contributed by atoms with E-state index in [4.69, 9.17) is 19.9 Å². The summed E-state index contributed by atoms with van der Waals surface area (Å²) < 4.78 is 9.98. The third-order valence-electron chi connectivity index (χ3n) is 2.94. The van der Waals surface area contributed by atoms with Crippen LogP contribution in [0.15, 0.2) is 69.9 Å². The average molecular weight is 317 g/mol. The topological polar surface area (TPSA) is 104 Å². The molecule has 0 bridgehead atoms. The van der Waals surface area contributed by atoms with Crippen LogP contribution < -0.4 is 5.23 Å². The number of hydrogen-bond donors (Lipinski definition) is 2. The number of ketones is 1. The lowest BCUT2D eigenvalue weighted by molar-refractivity contribution is -0.117. The highest BCUT2D eigenvalue weighted by atomic mass is 16.8.